The van der Waals surface area contributed by atoms with E-state index in [-0.39, 0.29) is 36.3 Å². The largest absolute Gasteiger partial charge is 0.308 e. The Morgan fingerprint density at radius 2 is 1.23 bits per heavy atom. The molecular formula is C48H32N4S. The van der Waals surface area contributed by atoms with Crippen LogP contribution in [0.4, 0.5) is 0 Å². The van der Waals surface area contributed by atoms with E-state index in [1.165, 1.54) is 12.1 Å². The minimum absolute atomic E-state index is 0.00191. The normalized spacial score (nSPS) is 14.8. The first-order valence-electron chi connectivity index (χ1n) is 20.5. The highest BCUT2D eigenvalue weighted by molar-refractivity contribution is 7.26. The fourth-order valence-corrected chi connectivity index (χ4v) is 9.25. The highest BCUT2D eigenvalue weighted by atomic mass is 32.1. The summed E-state index contributed by atoms with van der Waals surface area (Å²) >= 11 is 1.63. The zero-order chi connectivity index (χ0) is 40.5. The minimum Gasteiger partial charge on any atom is -0.308 e. The lowest BCUT2D eigenvalue weighted by Crippen LogP contribution is -2.14. The Morgan fingerprint density at radius 1 is 0.528 bits per heavy atom. The van der Waals surface area contributed by atoms with E-state index in [4.69, 9.17) is 20.4 Å². The second-order valence-electron chi connectivity index (χ2n) is 14.0. The second kappa shape index (κ2) is 11.3. The maximum absolute atomic E-state index is 9.25. The summed E-state index contributed by atoms with van der Waals surface area (Å²) in [5, 5.41) is 3.33. The van der Waals surface area contributed by atoms with Crippen molar-refractivity contribution in [2.75, 3.05) is 0 Å². The first kappa shape index (κ1) is 24.7. The number of fused-ring (bicyclic) bond motifs is 9. The molecule has 0 amide bonds. The van der Waals surface area contributed by atoms with E-state index in [1.54, 1.807) is 11.3 Å². The summed E-state index contributed by atoms with van der Waals surface area (Å²) < 4.78 is 57.5. The fourth-order valence-electron chi connectivity index (χ4n) is 8.00. The van der Waals surface area contributed by atoms with Crippen molar-refractivity contribution in [3.05, 3.63) is 169 Å². The topological polar surface area (TPSA) is 43.6 Å². The summed E-state index contributed by atoms with van der Waals surface area (Å²) in [6.45, 7) is 4.07. The van der Waals surface area contributed by atoms with E-state index < -0.39 is 5.41 Å². The summed E-state index contributed by atoms with van der Waals surface area (Å²) in [5.41, 5.74) is 7.03. The molecule has 3 aromatic heterocycles. The Hall–Kier alpha value is -6.43. The quantitative estimate of drug-likeness (QED) is 0.183. The van der Waals surface area contributed by atoms with Gasteiger partial charge in [-0.3, -0.25) is 0 Å². The number of rotatable bonds is 4. The van der Waals surface area contributed by atoms with Crippen LogP contribution in [0.5, 0.6) is 0 Å². The average molecular weight is 703 g/mol. The lowest BCUT2D eigenvalue weighted by atomic mass is 9.82. The van der Waals surface area contributed by atoms with Crippen LogP contribution in [0.25, 0.3) is 93.0 Å². The van der Waals surface area contributed by atoms with Gasteiger partial charge < -0.3 is 4.57 Å². The maximum Gasteiger partial charge on any atom is 0.164 e. The first-order valence-corrected chi connectivity index (χ1v) is 18.4. The van der Waals surface area contributed by atoms with Gasteiger partial charge in [0.1, 0.15) is 0 Å². The summed E-state index contributed by atoms with van der Waals surface area (Å²) in [7, 11) is 0. The van der Waals surface area contributed by atoms with Gasteiger partial charge in [-0.1, -0.05) is 141 Å². The van der Waals surface area contributed by atoms with Crippen LogP contribution in [0, 0.1) is 0 Å². The summed E-state index contributed by atoms with van der Waals surface area (Å²) in [5.74, 6) is 1.73. The molecule has 11 rings (SSSR count). The number of benzene rings is 7. The SMILES string of the molecule is [2H]c1cc([2H])c2c(c1[2H])-c1cc3c(cc1C2(C)C)c1c([2H])c([2H])cc([2H])c1n3-c1cccc2c1sc1cc(-c3nc(-c4ccccc4)nc(-c4ccccc4)n3)ccc12. The van der Waals surface area contributed by atoms with Gasteiger partial charge in [0.15, 0.2) is 17.5 Å². The number of thiophene rings is 1. The van der Waals surface area contributed by atoms with E-state index in [1.807, 2.05) is 109 Å². The van der Waals surface area contributed by atoms with Crippen LogP contribution in [0.1, 0.15) is 33.2 Å². The molecular weight excluding hydrogens is 665 g/mol. The first-order chi connectivity index (χ1) is 28.5. The molecule has 250 valence electrons. The van der Waals surface area contributed by atoms with Gasteiger partial charge in [-0.05, 0) is 52.6 Å². The van der Waals surface area contributed by atoms with Gasteiger partial charge in [-0.25, -0.2) is 15.0 Å². The number of aromatic nitrogens is 4. The monoisotopic (exact) mass is 702 g/mol. The predicted molar refractivity (Wildman–Crippen MR) is 221 cm³/mol. The molecule has 7 aromatic carbocycles. The fraction of sp³-hybridized carbons (Fsp3) is 0.0625. The molecule has 0 fully saturated rings. The van der Waals surface area contributed by atoms with Gasteiger partial charge in [-0.2, -0.15) is 0 Å². The molecule has 53 heavy (non-hydrogen) atoms. The predicted octanol–water partition coefficient (Wildman–Crippen LogP) is 12.6. The zero-order valence-corrected chi connectivity index (χ0v) is 29.6. The molecule has 3 heterocycles. The molecule has 10 aromatic rings. The van der Waals surface area contributed by atoms with E-state index >= 15 is 0 Å². The third kappa shape index (κ3) is 4.51. The molecule has 0 radical (unpaired) electrons. The van der Waals surface area contributed by atoms with E-state index in [0.29, 0.717) is 39.5 Å². The Labute approximate surface area is 319 Å². The second-order valence-corrected chi connectivity index (χ2v) is 15.0. The van der Waals surface area contributed by atoms with Crippen LogP contribution in [0.3, 0.4) is 0 Å². The third-order valence-electron chi connectivity index (χ3n) is 10.6. The van der Waals surface area contributed by atoms with Gasteiger partial charge in [0.2, 0.25) is 0 Å². The van der Waals surface area contributed by atoms with E-state index in [2.05, 4.69) is 18.2 Å². The van der Waals surface area contributed by atoms with Crippen molar-refractivity contribution in [2.24, 2.45) is 0 Å². The molecule has 0 saturated heterocycles. The van der Waals surface area contributed by atoms with Crippen molar-refractivity contribution in [1.29, 1.82) is 0 Å². The molecule has 0 aliphatic heterocycles. The Kier molecular flexibility index (Phi) is 5.26. The number of hydrogen-bond acceptors (Lipinski definition) is 4. The summed E-state index contributed by atoms with van der Waals surface area (Å²) in [6, 6.07) is 39.6. The number of para-hydroxylation sites is 1. The van der Waals surface area contributed by atoms with Crippen LogP contribution >= 0.6 is 11.3 Å². The molecule has 4 nitrogen and oxygen atoms in total. The van der Waals surface area contributed by atoms with Crippen LogP contribution in [0.15, 0.2) is 158 Å². The van der Waals surface area contributed by atoms with E-state index in [0.717, 1.165) is 64.6 Å². The third-order valence-corrected chi connectivity index (χ3v) is 11.8. The zero-order valence-electron chi connectivity index (χ0n) is 34.7. The molecule has 1 aliphatic carbocycles. The lowest BCUT2D eigenvalue weighted by molar-refractivity contribution is 0.661. The molecule has 1 aliphatic rings. The molecule has 0 bridgehead atoms. The van der Waals surface area contributed by atoms with Crippen molar-refractivity contribution in [1.82, 2.24) is 19.5 Å². The maximum atomic E-state index is 9.25. The minimum atomic E-state index is -0.649. The van der Waals surface area contributed by atoms with Crippen LogP contribution in [0.2, 0.25) is 0 Å². The molecule has 0 N–H and O–H groups in total. The Morgan fingerprint density at radius 3 is 1.98 bits per heavy atom. The van der Waals surface area contributed by atoms with Crippen molar-refractivity contribution >= 4 is 53.3 Å². The van der Waals surface area contributed by atoms with Crippen molar-refractivity contribution < 1.29 is 8.22 Å². The van der Waals surface area contributed by atoms with Crippen molar-refractivity contribution in [3.8, 4) is 51.0 Å². The Bertz CT molecular complexity index is 3370. The van der Waals surface area contributed by atoms with E-state index in [9.17, 15) is 2.74 Å². The van der Waals surface area contributed by atoms with Crippen molar-refractivity contribution in [2.45, 2.75) is 19.3 Å². The molecule has 0 saturated carbocycles. The highest BCUT2D eigenvalue weighted by Crippen LogP contribution is 2.51. The highest BCUT2D eigenvalue weighted by Gasteiger charge is 2.36. The number of hydrogen-bond donors (Lipinski definition) is 0. The lowest BCUT2D eigenvalue weighted by Gasteiger charge is -2.21. The summed E-state index contributed by atoms with van der Waals surface area (Å²) in [6.07, 6.45) is 0. The molecule has 5 heteroatoms. The van der Waals surface area contributed by atoms with Gasteiger partial charge in [-0.15, -0.1) is 11.3 Å². The van der Waals surface area contributed by atoms with Crippen molar-refractivity contribution in [3.63, 3.8) is 0 Å². The summed E-state index contributed by atoms with van der Waals surface area (Å²) in [4.78, 5) is 14.8. The van der Waals surface area contributed by atoms with Gasteiger partial charge in [0.25, 0.3) is 0 Å². The average Bonchev–Trinajstić information content (AvgIpc) is 3.87. The standard InChI is InChI=1S/C48H32N4S/c1-48(2)38-21-11-9-18-32(38)36-28-42-37(27-39(36)48)33-19-10-12-22-40(33)52(42)41-23-13-20-35-34-25-24-31(26-43(34)53-44(35)41)47-50-45(29-14-5-3-6-15-29)49-46(51-47)30-16-7-4-8-17-30/h3-28H,1-2H3/i9D,10D,18D,19D,21D,22D. The smallest absolute Gasteiger partial charge is 0.164 e. The van der Waals surface area contributed by atoms with Crippen LogP contribution in [-0.2, 0) is 5.41 Å². The molecule has 0 spiro atoms. The Balaban J connectivity index is 1.16. The van der Waals surface area contributed by atoms with Crippen LogP contribution in [-0.4, -0.2) is 19.5 Å². The van der Waals surface area contributed by atoms with Crippen LogP contribution < -0.4 is 0 Å². The number of nitrogens with zero attached hydrogens (tertiary/aromatic N) is 4. The van der Waals surface area contributed by atoms with Gasteiger partial charge >= 0.3 is 0 Å². The molecule has 0 unspecified atom stereocenters. The van der Waals surface area contributed by atoms with Gasteiger partial charge in [0.05, 0.1) is 29.6 Å². The molecule has 0 atom stereocenters. The van der Waals surface area contributed by atoms with Gasteiger partial charge in [0, 0.05) is 48.4 Å².